The predicted octanol–water partition coefficient (Wildman–Crippen LogP) is 2.40. The Bertz CT molecular complexity index is 371. The van der Waals surface area contributed by atoms with E-state index in [1.165, 1.54) is 0 Å². The van der Waals surface area contributed by atoms with Crippen LogP contribution in [0.4, 0.5) is 0 Å². The molecule has 1 amide bonds. The molecule has 0 aliphatic heterocycles. The summed E-state index contributed by atoms with van der Waals surface area (Å²) in [6.07, 6.45) is 5.05. The lowest BCUT2D eigenvalue weighted by Crippen LogP contribution is -2.51. The Morgan fingerprint density at radius 3 is 2.37 bits per heavy atom. The SMILES string of the molecule is CCCC(C)(N)C(=O)N(C)Cc1ccncc1.Cl.Cl. The van der Waals surface area contributed by atoms with Crippen molar-refractivity contribution in [2.75, 3.05) is 7.05 Å². The van der Waals surface area contributed by atoms with Gasteiger partial charge in [-0.1, -0.05) is 13.3 Å². The van der Waals surface area contributed by atoms with Crippen LogP contribution in [0.15, 0.2) is 24.5 Å². The first-order chi connectivity index (χ1) is 7.97. The zero-order valence-corrected chi connectivity index (χ0v) is 13.3. The first kappa shape index (κ1) is 20.5. The van der Waals surface area contributed by atoms with Crippen LogP contribution in [0, 0.1) is 0 Å². The van der Waals surface area contributed by atoms with E-state index in [4.69, 9.17) is 5.73 Å². The molecule has 2 N–H and O–H groups in total. The topological polar surface area (TPSA) is 59.2 Å². The molecule has 1 heterocycles. The van der Waals surface area contributed by atoms with E-state index in [1.54, 1.807) is 31.3 Å². The molecule has 0 radical (unpaired) electrons. The van der Waals surface area contributed by atoms with E-state index in [2.05, 4.69) is 4.98 Å². The molecule has 0 aliphatic carbocycles. The largest absolute Gasteiger partial charge is 0.340 e. The summed E-state index contributed by atoms with van der Waals surface area (Å²) in [6.45, 7) is 4.39. The van der Waals surface area contributed by atoms with Crippen LogP contribution in [0.2, 0.25) is 0 Å². The van der Waals surface area contributed by atoms with Gasteiger partial charge in [0.2, 0.25) is 5.91 Å². The number of carbonyl (C=O) groups excluding carboxylic acids is 1. The van der Waals surface area contributed by atoms with Gasteiger partial charge in [0, 0.05) is 26.0 Å². The normalized spacial score (nSPS) is 12.6. The maximum atomic E-state index is 12.1. The lowest BCUT2D eigenvalue weighted by atomic mass is 9.96. The van der Waals surface area contributed by atoms with Gasteiger partial charge in [-0.25, -0.2) is 0 Å². The zero-order chi connectivity index (χ0) is 12.9. The number of halogens is 2. The minimum atomic E-state index is -0.767. The number of pyridine rings is 1. The summed E-state index contributed by atoms with van der Waals surface area (Å²) in [5.74, 6) is -0.0174. The molecule has 19 heavy (non-hydrogen) atoms. The quantitative estimate of drug-likeness (QED) is 0.908. The Balaban J connectivity index is 0. The molecule has 0 fully saturated rings. The van der Waals surface area contributed by atoms with E-state index in [0.29, 0.717) is 13.0 Å². The summed E-state index contributed by atoms with van der Waals surface area (Å²) in [5.41, 5.74) is 6.31. The van der Waals surface area contributed by atoms with Crippen LogP contribution in [0.1, 0.15) is 32.3 Å². The van der Waals surface area contributed by atoms with Crippen molar-refractivity contribution in [3.8, 4) is 0 Å². The molecule has 0 spiro atoms. The van der Waals surface area contributed by atoms with Crippen LogP contribution in [-0.2, 0) is 11.3 Å². The van der Waals surface area contributed by atoms with Gasteiger partial charge < -0.3 is 10.6 Å². The van der Waals surface area contributed by atoms with E-state index >= 15 is 0 Å². The molecule has 1 aromatic rings. The third-order valence-electron chi connectivity index (χ3n) is 2.77. The third kappa shape index (κ3) is 6.23. The average Bonchev–Trinajstić information content (AvgIpc) is 2.29. The van der Waals surface area contributed by atoms with Crippen molar-refractivity contribution < 1.29 is 4.79 Å². The van der Waals surface area contributed by atoms with Gasteiger partial charge in [0.1, 0.15) is 0 Å². The smallest absolute Gasteiger partial charge is 0.242 e. The molecule has 6 heteroatoms. The lowest BCUT2D eigenvalue weighted by molar-refractivity contribution is -0.135. The minimum Gasteiger partial charge on any atom is -0.340 e. The monoisotopic (exact) mass is 307 g/mol. The third-order valence-corrected chi connectivity index (χ3v) is 2.77. The lowest BCUT2D eigenvalue weighted by Gasteiger charge is -2.29. The first-order valence-corrected chi connectivity index (χ1v) is 5.90. The molecule has 110 valence electrons. The Kier molecular flexibility index (Phi) is 9.84. The summed E-state index contributed by atoms with van der Waals surface area (Å²) in [6, 6.07) is 3.80. The van der Waals surface area contributed by atoms with Crippen molar-refractivity contribution >= 4 is 30.7 Å². The van der Waals surface area contributed by atoms with Gasteiger partial charge in [-0.05, 0) is 31.0 Å². The van der Waals surface area contributed by atoms with Gasteiger partial charge in [-0.3, -0.25) is 9.78 Å². The van der Waals surface area contributed by atoms with Crippen LogP contribution >= 0.6 is 24.8 Å². The van der Waals surface area contributed by atoms with Crippen LogP contribution < -0.4 is 5.73 Å². The van der Waals surface area contributed by atoms with Crippen molar-refractivity contribution in [1.82, 2.24) is 9.88 Å². The Labute approximate surface area is 127 Å². The van der Waals surface area contributed by atoms with Gasteiger partial charge in [-0.15, -0.1) is 24.8 Å². The summed E-state index contributed by atoms with van der Waals surface area (Å²) in [4.78, 5) is 17.8. The highest BCUT2D eigenvalue weighted by Gasteiger charge is 2.29. The fourth-order valence-electron chi connectivity index (χ4n) is 1.90. The first-order valence-electron chi connectivity index (χ1n) is 5.90. The van der Waals surface area contributed by atoms with Crippen molar-refractivity contribution in [2.24, 2.45) is 5.73 Å². The minimum absolute atomic E-state index is 0. The average molecular weight is 308 g/mol. The number of amides is 1. The summed E-state index contributed by atoms with van der Waals surface area (Å²) < 4.78 is 0. The van der Waals surface area contributed by atoms with Crippen LogP contribution in [0.25, 0.3) is 0 Å². The molecule has 1 rings (SSSR count). The molecule has 1 atom stereocenters. The molecule has 0 aromatic carbocycles. The van der Waals surface area contributed by atoms with Gasteiger partial charge in [0.05, 0.1) is 5.54 Å². The van der Waals surface area contributed by atoms with E-state index < -0.39 is 5.54 Å². The Morgan fingerprint density at radius 1 is 1.37 bits per heavy atom. The van der Waals surface area contributed by atoms with E-state index in [9.17, 15) is 4.79 Å². The second-order valence-corrected chi connectivity index (χ2v) is 4.68. The van der Waals surface area contributed by atoms with Crippen LogP contribution in [-0.4, -0.2) is 28.4 Å². The summed E-state index contributed by atoms with van der Waals surface area (Å²) in [7, 11) is 1.78. The van der Waals surface area contributed by atoms with Gasteiger partial charge in [0.25, 0.3) is 0 Å². The number of hydrogen-bond donors (Lipinski definition) is 1. The summed E-state index contributed by atoms with van der Waals surface area (Å²) >= 11 is 0. The fraction of sp³-hybridized carbons (Fsp3) is 0.538. The number of carbonyl (C=O) groups is 1. The van der Waals surface area contributed by atoms with Gasteiger partial charge in [-0.2, -0.15) is 0 Å². The molecule has 4 nitrogen and oxygen atoms in total. The van der Waals surface area contributed by atoms with Crippen LogP contribution in [0.3, 0.4) is 0 Å². The predicted molar refractivity (Wildman–Crippen MR) is 82.7 cm³/mol. The van der Waals surface area contributed by atoms with E-state index in [0.717, 1.165) is 12.0 Å². The highest BCUT2D eigenvalue weighted by molar-refractivity contribution is 5.86. The number of rotatable bonds is 5. The molecule has 0 bridgehead atoms. The zero-order valence-electron chi connectivity index (χ0n) is 11.6. The number of likely N-dealkylation sites (N-methyl/N-ethyl adjacent to an activating group) is 1. The second-order valence-electron chi connectivity index (χ2n) is 4.68. The number of aromatic nitrogens is 1. The Morgan fingerprint density at radius 2 is 1.89 bits per heavy atom. The maximum absolute atomic E-state index is 12.1. The second kappa shape index (κ2) is 9.13. The Hall–Kier alpha value is -0.840. The number of nitrogens with two attached hydrogens (primary N) is 1. The molecule has 1 aromatic heterocycles. The standard InChI is InChI=1S/C13H21N3O.2ClH/c1-4-7-13(2,14)12(17)16(3)10-11-5-8-15-9-6-11;;/h5-6,8-9H,4,7,10,14H2,1-3H3;2*1H. The highest BCUT2D eigenvalue weighted by Crippen LogP contribution is 2.13. The number of nitrogens with zero attached hydrogens (tertiary/aromatic N) is 2. The molecule has 0 saturated heterocycles. The van der Waals surface area contributed by atoms with Crippen molar-refractivity contribution in [3.05, 3.63) is 30.1 Å². The van der Waals surface area contributed by atoms with E-state index in [-0.39, 0.29) is 30.7 Å². The molecule has 0 aliphatic rings. The summed E-state index contributed by atoms with van der Waals surface area (Å²) in [5, 5.41) is 0. The highest BCUT2D eigenvalue weighted by atomic mass is 35.5. The van der Waals surface area contributed by atoms with Gasteiger partial charge >= 0.3 is 0 Å². The fourth-order valence-corrected chi connectivity index (χ4v) is 1.90. The van der Waals surface area contributed by atoms with Gasteiger partial charge in [0.15, 0.2) is 0 Å². The van der Waals surface area contributed by atoms with Crippen molar-refractivity contribution in [1.29, 1.82) is 0 Å². The molecule has 1 unspecified atom stereocenters. The molecule has 0 saturated carbocycles. The van der Waals surface area contributed by atoms with E-state index in [1.807, 2.05) is 19.1 Å². The van der Waals surface area contributed by atoms with Crippen molar-refractivity contribution in [2.45, 2.75) is 38.8 Å². The van der Waals surface area contributed by atoms with Crippen molar-refractivity contribution in [3.63, 3.8) is 0 Å². The van der Waals surface area contributed by atoms with Crippen LogP contribution in [0.5, 0.6) is 0 Å². The molecular weight excluding hydrogens is 285 g/mol. The number of hydrogen-bond acceptors (Lipinski definition) is 3. The molecular formula is C13H23Cl2N3O. The maximum Gasteiger partial charge on any atom is 0.242 e.